The van der Waals surface area contributed by atoms with Gasteiger partial charge < -0.3 is 28.5 Å². The third-order valence-corrected chi connectivity index (χ3v) is 14.4. The third kappa shape index (κ3) is 54.3. The van der Waals surface area contributed by atoms with Crippen molar-refractivity contribution in [2.45, 2.75) is 290 Å². The van der Waals surface area contributed by atoms with Crippen LogP contribution in [-0.2, 0) is 27.9 Å². The smallest absolute Gasteiger partial charge is 0.306 e. The van der Waals surface area contributed by atoms with E-state index in [2.05, 4.69) is 74.7 Å². The second kappa shape index (κ2) is 53.1. The van der Waals surface area contributed by atoms with Gasteiger partial charge in [-0.3, -0.25) is 14.2 Å². The van der Waals surface area contributed by atoms with Crippen molar-refractivity contribution in [3.63, 3.8) is 0 Å². The lowest BCUT2D eigenvalue weighted by atomic mass is 10.0. The fraction of sp³-hybridized carbons (Fsp3) is 0.810. The summed E-state index contributed by atoms with van der Waals surface area (Å²) in [5.74, 6) is -0.564. The number of quaternary nitrogens is 1. The summed E-state index contributed by atoms with van der Waals surface area (Å²) in [7, 11) is 1.17. The first-order valence-corrected chi connectivity index (χ1v) is 32.1. The minimum Gasteiger partial charge on any atom is -0.756 e. The normalized spacial score (nSPS) is 14.1. The fourth-order valence-corrected chi connectivity index (χ4v) is 9.36. The molecule has 73 heavy (non-hydrogen) atoms. The van der Waals surface area contributed by atoms with E-state index >= 15 is 0 Å². The van der Waals surface area contributed by atoms with Gasteiger partial charge in [0.1, 0.15) is 19.3 Å². The van der Waals surface area contributed by atoms with Crippen LogP contribution in [0.4, 0.5) is 0 Å². The molecule has 3 atom stereocenters. The minimum absolute atomic E-state index is 0.0270. The van der Waals surface area contributed by atoms with E-state index in [9.17, 15) is 19.0 Å². The van der Waals surface area contributed by atoms with Crippen molar-refractivity contribution in [1.29, 1.82) is 0 Å². The van der Waals surface area contributed by atoms with E-state index in [1.54, 1.807) is 0 Å². The van der Waals surface area contributed by atoms with Crippen LogP contribution in [0.5, 0.6) is 0 Å². The average molecular weight is 1050 g/mol. The number of ether oxygens (including phenoxy) is 1. The number of likely N-dealkylation sites (N-methyl/N-ethyl adjacent to an activating group) is 1. The van der Waals surface area contributed by atoms with Crippen LogP contribution in [0.1, 0.15) is 278 Å². The lowest BCUT2D eigenvalue weighted by Gasteiger charge is -2.30. The van der Waals surface area contributed by atoms with Gasteiger partial charge in [-0.1, -0.05) is 230 Å². The molecule has 0 radical (unpaired) electrons. The minimum atomic E-state index is -4.70. The summed E-state index contributed by atoms with van der Waals surface area (Å²) in [5.41, 5.74) is 0. The number of esters is 1. The van der Waals surface area contributed by atoms with Crippen molar-refractivity contribution < 1.29 is 37.3 Å². The van der Waals surface area contributed by atoms with Gasteiger partial charge in [-0.25, -0.2) is 0 Å². The summed E-state index contributed by atoms with van der Waals surface area (Å²) in [4.78, 5) is 39.9. The number of carbonyl (C=O) groups excluding carboxylic acids is 2. The molecular formula is C63H117N2O7P. The molecule has 3 unspecified atom stereocenters. The number of phosphoric acid groups is 1. The van der Waals surface area contributed by atoms with Gasteiger partial charge in [0.25, 0.3) is 7.82 Å². The van der Waals surface area contributed by atoms with Crippen LogP contribution < -0.4 is 10.2 Å². The Balaban J connectivity index is 5.29. The maximum Gasteiger partial charge on any atom is 0.306 e. The average Bonchev–Trinajstić information content (AvgIpc) is 3.35. The lowest BCUT2D eigenvalue weighted by Crippen LogP contribution is -2.47. The molecule has 0 saturated heterocycles. The first kappa shape index (κ1) is 70.7. The number of nitrogens with one attached hydrogen (secondary N) is 1. The van der Waals surface area contributed by atoms with E-state index in [4.69, 9.17) is 13.8 Å². The second-order valence-corrected chi connectivity index (χ2v) is 23.3. The molecule has 0 spiro atoms. The van der Waals surface area contributed by atoms with Gasteiger partial charge in [0, 0.05) is 12.8 Å². The van der Waals surface area contributed by atoms with Crippen LogP contribution in [0.15, 0.2) is 60.8 Å². The molecule has 0 fully saturated rings. The highest BCUT2D eigenvalue weighted by atomic mass is 31.2. The molecule has 1 N–H and O–H groups in total. The Morgan fingerprint density at radius 2 is 0.836 bits per heavy atom. The predicted octanol–water partition coefficient (Wildman–Crippen LogP) is 18.0. The van der Waals surface area contributed by atoms with Gasteiger partial charge in [0.05, 0.1) is 33.8 Å². The Morgan fingerprint density at radius 1 is 0.479 bits per heavy atom. The van der Waals surface area contributed by atoms with Crippen LogP contribution in [-0.4, -0.2) is 69.4 Å². The Labute approximate surface area is 451 Å². The number of hydrogen-bond acceptors (Lipinski definition) is 7. The molecule has 0 heterocycles. The number of amides is 1. The summed E-state index contributed by atoms with van der Waals surface area (Å²) < 4.78 is 30.3. The molecule has 426 valence electrons. The molecule has 0 rings (SSSR count). The van der Waals surface area contributed by atoms with E-state index < -0.39 is 26.6 Å². The van der Waals surface area contributed by atoms with Crippen molar-refractivity contribution in [2.75, 3.05) is 40.9 Å². The highest BCUT2D eigenvalue weighted by Gasteiger charge is 2.27. The van der Waals surface area contributed by atoms with Crippen molar-refractivity contribution in [2.24, 2.45) is 0 Å². The fourth-order valence-electron chi connectivity index (χ4n) is 8.64. The quantitative estimate of drug-likeness (QED) is 0.0212. The van der Waals surface area contributed by atoms with Gasteiger partial charge >= 0.3 is 5.97 Å². The first-order valence-electron chi connectivity index (χ1n) is 30.6. The molecule has 0 aromatic carbocycles. The maximum absolute atomic E-state index is 13.5. The molecule has 0 aromatic heterocycles. The SMILES string of the molecule is CCCCC/C=C\C/C=C\C/C=C\CCCCCCCCCCC(=O)NC(COP(=O)([O-])OCC[N+](C)(C)C)C(/C=C\CCCCCCCCCCCCC)OC(=O)CCCCC/C=C\CCCCCCCC. The van der Waals surface area contributed by atoms with Gasteiger partial charge in [-0.15, -0.1) is 0 Å². The van der Waals surface area contributed by atoms with Crippen molar-refractivity contribution in [3.05, 3.63) is 60.8 Å². The summed E-state index contributed by atoms with van der Waals surface area (Å²) in [6.07, 6.45) is 66.1. The molecule has 0 aliphatic heterocycles. The van der Waals surface area contributed by atoms with E-state index in [0.29, 0.717) is 23.9 Å². The Morgan fingerprint density at radius 3 is 1.30 bits per heavy atom. The Hall–Kier alpha value is -2.29. The van der Waals surface area contributed by atoms with Gasteiger partial charge in [-0.05, 0) is 96.0 Å². The van der Waals surface area contributed by atoms with Crippen molar-refractivity contribution >= 4 is 19.7 Å². The maximum atomic E-state index is 13.5. The van der Waals surface area contributed by atoms with Crippen molar-refractivity contribution in [1.82, 2.24) is 5.32 Å². The molecule has 0 bridgehead atoms. The van der Waals surface area contributed by atoms with E-state index in [1.165, 1.54) is 148 Å². The van der Waals surface area contributed by atoms with Crippen LogP contribution in [0, 0.1) is 0 Å². The van der Waals surface area contributed by atoms with E-state index in [0.717, 1.165) is 89.9 Å². The summed E-state index contributed by atoms with van der Waals surface area (Å²) in [6, 6.07) is -0.898. The van der Waals surface area contributed by atoms with Crippen LogP contribution in [0.25, 0.3) is 0 Å². The first-order chi connectivity index (χ1) is 35.4. The Kier molecular flexibility index (Phi) is 51.5. The zero-order valence-electron chi connectivity index (χ0n) is 48.6. The number of rotatable bonds is 55. The topological polar surface area (TPSA) is 114 Å². The number of unbranched alkanes of at least 4 members (excludes halogenated alkanes) is 31. The van der Waals surface area contributed by atoms with Gasteiger partial charge in [0.2, 0.25) is 5.91 Å². The lowest BCUT2D eigenvalue weighted by molar-refractivity contribution is -0.870. The molecule has 0 aromatic rings. The number of allylic oxidation sites excluding steroid dienone is 9. The van der Waals surface area contributed by atoms with Crippen molar-refractivity contribution in [3.8, 4) is 0 Å². The monoisotopic (exact) mass is 1040 g/mol. The molecular weight excluding hydrogens is 928 g/mol. The standard InChI is InChI=1S/C63H117N2O7P/c1-7-10-13-16-19-22-25-28-29-30-31-32-33-34-35-38-40-43-46-49-52-55-62(66)64-60(59-71-73(68,69)70-58-57-65(4,5)6)61(54-51-48-45-42-39-36-26-23-20-17-14-11-8-2)72-63(67)56-53-50-47-44-41-37-27-24-21-18-15-12-9-3/h19,22,28-29,31-32,37,41,51,54,60-61H,7-18,20-21,23-27,30,33-36,38-40,42-50,52-53,55-59H2,1-6H3,(H-,64,66,68,69)/b22-19-,29-28-,32-31-,41-37-,54-51-. The molecule has 0 aliphatic carbocycles. The predicted molar refractivity (Wildman–Crippen MR) is 312 cm³/mol. The molecule has 0 saturated carbocycles. The van der Waals surface area contributed by atoms with Crippen LogP contribution >= 0.6 is 7.82 Å². The second-order valence-electron chi connectivity index (χ2n) is 21.8. The zero-order chi connectivity index (χ0) is 53.6. The molecule has 10 heteroatoms. The van der Waals surface area contributed by atoms with E-state index in [1.807, 2.05) is 33.3 Å². The highest BCUT2D eigenvalue weighted by molar-refractivity contribution is 7.45. The van der Waals surface area contributed by atoms with Crippen LogP contribution in [0.3, 0.4) is 0 Å². The largest absolute Gasteiger partial charge is 0.756 e. The van der Waals surface area contributed by atoms with Crippen LogP contribution in [0.2, 0.25) is 0 Å². The number of phosphoric ester groups is 1. The zero-order valence-corrected chi connectivity index (χ0v) is 49.5. The molecule has 1 amide bonds. The molecule has 0 aliphatic rings. The molecule has 9 nitrogen and oxygen atoms in total. The van der Waals surface area contributed by atoms with Gasteiger partial charge in [0.15, 0.2) is 0 Å². The highest BCUT2D eigenvalue weighted by Crippen LogP contribution is 2.38. The number of nitrogens with zero attached hydrogens (tertiary/aromatic N) is 1. The summed E-state index contributed by atoms with van der Waals surface area (Å²) >= 11 is 0. The summed E-state index contributed by atoms with van der Waals surface area (Å²) in [5, 5.41) is 3.02. The third-order valence-electron chi connectivity index (χ3n) is 13.4. The summed E-state index contributed by atoms with van der Waals surface area (Å²) in [6.45, 7) is 6.80. The number of hydrogen-bond donors (Lipinski definition) is 1. The van der Waals surface area contributed by atoms with Gasteiger partial charge in [-0.2, -0.15) is 0 Å². The van der Waals surface area contributed by atoms with E-state index in [-0.39, 0.29) is 24.9 Å². The Bertz CT molecular complexity index is 1440. The number of carbonyl (C=O) groups is 2.